The minimum absolute atomic E-state index is 0.628. The largest absolute Gasteiger partial charge is 0.342 e. The van der Waals surface area contributed by atoms with Gasteiger partial charge in [0, 0.05) is 0 Å². The fourth-order valence-electron chi connectivity index (χ4n) is 1.63. The molecule has 0 N–H and O–H groups in total. The Bertz CT molecular complexity index is 300. The third-order valence-electron chi connectivity index (χ3n) is 2.76. The van der Waals surface area contributed by atoms with Crippen LogP contribution in [0.5, 0.6) is 0 Å². The molecule has 0 radical (unpaired) electrons. The van der Waals surface area contributed by atoms with E-state index in [0.29, 0.717) is 13.5 Å². The highest BCUT2D eigenvalue weighted by Gasteiger charge is 2.03. The molecule has 0 amide bonds. The number of hydrogen-bond acceptors (Lipinski definition) is 2. The zero-order valence-electron chi connectivity index (χ0n) is 11.8. The highest BCUT2D eigenvalue weighted by molar-refractivity contribution is 4.63. The quantitative estimate of drug-likeness (QED) is 0.449. The first kappa shape index (κ1) is 15.2. The van der Waals surface area contributed by atoms with Crippen LogP contribution in [0.2, 0.25) is 0 Å². The molecule has 0 spiro atoms. The van der Waals surface area contributed by atoms with Crippen molar-refractivity contribution in [3.63, 3.8) is 0 Å². The average molecular weight is 255 g/mol. The molecule has 0 bridgehead atoms. The topological polar surface area (TPSA) is 27.3 Å². The third-order valence-corrected chi connectivity index (χ3v) is 2.76. The monoisotopic (exact) mass is 255 g/mol. The van der Waals surface area contributed by atoms with Gasteiger partial charge < -0.3 is 9.47 Å². The summed E-state index contributed by atoms with van der Waals surface area (Å²) in [6.07, 6.45) is 12.0. The van der Waals surface area contributed by atoms with Gasteiger partial charge in [-0.1, -0.05) is 33.1 Å². The predicted molar refractivity (Wildman–Crippen MR) is 71.0 cm³/mol. The van der Waals surface area contributed by atoms with Crippen LogP contribution in [0.25, 0.3) is 0 Å². The fourth-order valence-corrected chi connectivity index (χ4v) is 1.63. The first-order valence-electron chi connectivity index (χ1n) is 7.07. The van der Waals surface area contributed by atoms with Crippen molar-refractivity contribution in [3.8, 4) is 0 Å². The van der Waals surface area contributed by atoms with Crippen molar-refractivity contribution in [2.24, 2.45) is 0 Å². The maximum atomic E-state index is 5.59. The Morgan fingerprint density at radius 3 is 2.56 bits per heavy atom. The molecule has 1 aromatic rings. The Hall–Kier alpha value is -0.870. The van der Waals surface area contributed by atoms with Crippen molar-refractivity contribution in [2.75, 3.05) is 13.2 Å². The number of ether oxygens (including phenoxy) is 2. The second-order valence-corrected chi connectivity index (χ2v) is 4.58. The molecule has 104 valence electrons. The van der Waals surface area contributed by atoms with E-state index in [9.17, 15) is 0 Å². The van der Waals surface area contributed by atoms with Crippen LogP contribution in [0.4, 0.5) is 0 Å². The second kappa shape index (κ2) is 10.1. The van der Waals surface area contributed by atoms with Crippen molar-refractivity contribution in [2.45, 2.75) is 59.4 Å². The lowest BCUT2D eigenvalue weighted by Crippen LogP contribution is -2.32. The van der Waals surface area contributed by atoms with Gasteiger partial charge in [0.25, 0.3) is 0 Å². The molecule has 0 saturated heterocycles. The minimum Gasteiger partial charge on any atom is -0.342 e. The fraction of sp³-hybridized carbons (Fsp3) is 0.786. The summed E-state index contributed by atoms with van der Waals surface area (Å²) in [5.74, 6) is 0. The Kier molecular flexibility index (Phi) is 8.51. The van der Waals surface area contributed by atoms with E-state index in [1.165, 1.54) is 19.3 Å². The summed E-state index contributed by atoms with van der Waals surface area (Å²) in [6, 6.07) is 0. The van der Waals surface area contributed by atoms with Crippen LogP contribution in [-0.4, -0.2) is 17.8 Å². The Morgan fingerprint density at radius 1 is 1.00 bits per heavy atom. The highest BCUT2D eigenvalue weighted by atomic mass is 16.5. The van der Waals surface area contributed by atoms with Crippen LogP contribution in [0.1, 0.15) is 46.0 Å². The molecule has 0 unspecified atom stereocenters. The average Bonchev–Trinajstić information content (AvgIpc) is 2.82. The molecule has 0 saturated carbocycles. The molecule has 18 heavy (non-hydrogen) atoms. The minimum atomic E-state index is 0.628. The van der Waals surface area contributed by atoms with E-state index in [2.05, 4.69) is 13.8 Å². The predicted octanol–water partition coefficient (Wildman–Crippen LogP) is 2.71. The van der Waals surface area contributed by atoms with E-state index < -0.39 is 0 Å². The van der Waals surface area contributed by atoms with Crippen LogP contribution in [0, 0.1) is 0 Å². The van der Waals surface area contributed by atoms with Crippen LogP contribution in [0.15, 0.2) is 18.7 Å². The van der Waals surface area contributed by atoms with E-state index in [1.807, 2.05) is 27.9 Å². The van der Waals surface area contributed by atoms with Gasteiger partial charge in [-0.2, -0.15) is 0 Å². The maximum Gasteiger partial charge on any atom is 0.247 e. The van der Waals surface area contributed by atoms with Crippen molar-refractivity contribution in [1.82, 2.24) is 4.57 Å². The summed E-state index contributed by atoms with van der Waals surface area (Å²) < 4.78 is 15.2. The highest BCUT2D eigenvalue weighted by Crippen LogP contribution is 1.94. The van der Waals surface area contributed by atoms with E-state index in [4.69, 9.17) is 9.47 Å². The van der Waals surface area contributed by atoms with Gasteiger partial charge in [-0.25, -0.2) is 9.13 Å². The lowest BCUT2D eigenvalue weighted by molar-refractivity contribution is -0.732. The van der Waals surface area contributed by atoms with Gasteiger partial charge in [-0.05, 0) is 12.8 Å². The lowest BCUT2D eigenvalue weighted by atomic mass is 10.3. The van der Waals surface area contributed by atoms with E-state index in [1.54, 1.807) is 0 Å². The van der Waals surface area contributed by atoms with Crippen LogP contribution < -0.4 is 4.57 Å². The standard InChI is InChI=1S/C14H27N2O2/c1-3-5-7-11-18-14-16-9-8-15(12-16)13-17-10-6-4-2/h8-9,12H,3-7,10-11,13-14H2,1-2H3/q+1. The first-order valence-corrected chi connectivity index (χ1v) is 7.07. The molecule has 1 heterocycles. The molecular formula is C14H27N2O2+. The summed E-state index contributed by atoms with van der Waals surface area (Å²) >= 11 is 0. The van der Waals surface area contributed by atoms with Gasteiger partial charge in [0.05, 0.1) is 13.2 Å². The lowest BCUT2D eigenvalue weighted by Gasteiger charge is -2.00. The van der Waals surface area contributed by atoms with Crippen molar-refractivity contribution in [3.05, 3.63) is 18.7 Å². The molecule has 0 fully saturated rings. The van der Waals surface area contributed by atoms with Crippen molar-refractivity contribution >= 4 is 0 Å². The van der Waals surface area contributed by atoms with Gasteiger partial charge in [0.15, 0.2) is 13.5 Å². The van der Waals surface area contributed by atoms with Gasteiger partial charge in [0.1, 0.15) is 12.4 Å². The number of aromatic nitrogens is 2. The van der Waals surface area contributed by atoms with Crippen molar-refractivity contribution in [1.29, 1.82) is 0 Å². The molecule has 0 aromatic carbocycles. The second-order valence-electron chi connectivity index (χ2n) is 4.58. The zero-order valence-corrected chi connectivity index (χ0v) is 11.8. The summed E-state index contributed by atoms with van der Waals surface area (Å²) in [4.78, 5) is 0. The molecule has 1 aromatic heterocycles. The summed E-state index contributed by atoms with van der Waals surface area (Å²) in [7, 11) is 0. The SMILES string of the molecule is CCCCCOC[n+]1ccn(COCCCC)c1. The van der Waals surface area contributed by atoms with Gasteiger partial charge in [-0.15, -0.1) is 0 Å². The van der Waals surface area contributed by atoms with E-state index in [-0.39, 0.29) is 0 Å². The molecular weight excluding hydrogens is 228 g/mol. The summed E-state index contributed by atoms with van der Waals surface area (Å²) in [6.45, 7) is 7.31. The van der Waals surface area contributed by atoms with Crippen molar-refractivity contribution < 1.29 is 14.0 Å². The normalized spacial score (nSPS) is 11.0. The molecule has 0 aliphatic carbocycles. The number of unbranched alkanes of at least 4 members (excludes halogenated alkanes) is 3. The van der Waals surface area contributed by atoms with E-state index in [0.717, 1.165) is 26.1 Å². The molecule has 4 heteroatoms. The van der Waals surface area contributed by atoms with Crippen LogP contribution in [-0.2, 0) is 22.9 Å². The summed E-state index contributed by atoms with van der Waals surface area (Å²) in [5.41, 5.74) is 0. The van der Waals surface area contributed by atoms with Gasteiger partial charge >= 0.3 is 0 Å². The molecule has 4 nitrogen and oxygen atoms in total. The third kappa shape index (κ3) is 6.77. The zero-order chi connectivity index (χ0) is 13.1. The van der Waals surface area contributed by atoms with Crippen LogP contribution in [0.3, 0.4) is 0 Å². The Morgan fingerprint density at radius 2 is 1.78 bits per heavy atom. The van der Waals surface area contributed by atoms with Crippen LogP contribution >= 0.6 is 0 Å². The molecule has 1 rings (SSSR count). The molecule has 0 aliphatic heterocycles. The number of hydrogen-bond donors (Lipinski definition) is 0. The number of imidazole rings is 1. The smallest absolute Gasteiger partial charge is 0.247 e. The first-order chi connectivity index (χ1) is 8.86. The maximum absolute atomic E-state index is 5.59. The Labute approximate surface area is 111 Å². The Balaban J connectivity index is 2.10. The number of rotatable bonds is 11. The molecule has 0 atom stereocenters. The molecule has 0 aliphatic rings. The van der Waals surface area contributed by atoms with Gasteiger partial charge in [0.2, 0.25) is 6.33 Å². The summed E-state index contributed by atoms with van der Waals surface area (Å²) in [5, 5.41) is 0. The van der Waals surface area contributed by atoms with Gasteiger partial charge in [-0.3, -0.25) is 0 Å². The number of nitrogens with zero attached hydrogens (tertiary/aromatic N) is 2. The van der Waals surface area contributed by atoms with E-state index >= 15 is 0 Å².